The molecule has 0 radical (unpaired) electrons. The highest BCUT2D eigenvalue weighted by atomic mass is 19.2. The first-order valence-electron chi connectivity index (χ1n) is 12.2. The lowest BCUT2D eigenvalue weighted by atomic mass is 10.1. The summed E-state index contributed by atoms with van der Waals surface area (Å²) < 4.78 is 55.8. The molecule has 0 aliphatic carbocycles. The van der Waals surface area contributed by atoms with Crippen LogP contribution in [0.15, 0.2) is 54.7 Å². The van der Waals surface area contributed by atoms with Gasteiger partial charge < -0.3 is 25.2 Å². The van der Waals surface area contributed by atoms with E-state index in [1.165, 1.54) is 29.3 Å². The van der Waals surface area contributed by atoms with E-state index in [0.29, 0.717) is 5.56 Å². The van der Waals surface area contributed by atoms with Crippen LogP contribution in [-0.2, 0) is 4.79 Å². The van der Waals surface area contributed by atoms with E-state index in [9.17, 15) is 36.7 Å². The number of nitrogens with one attached hydrogen (secondary N) is 2. The number of piperazine rings is 1. The van der Waals surface area contributed by atoms with Crippen LogP contribution in [-0.4, -0.2) is 69.6 Å². The molecule has 3 aromatic carbocycles. The van der Waals surface area contributed by atoms with Crippen LogP contribution in [0.5, 0.6) is 5.75 Å². The molecule has 3 N–H and O–H groups in total. The minimum absolute atomic E-state index is 0.0528. The number of amides is 3. The van der Waals surface area contributed by atoms with Gasteiger partial charge in [0.05, 0.1) is 16.8 Å². The normalized spacial score (nSPS) is 13.4. The highest BCUT2D eigenvalue weighted by Gasteiger charge is 2.32. The Kier molecular flexibility index (Phi) is 7.18. The van der Waals surface area contributed by atoms with Crippen LogP contribution < -0.4 is 5.32 Å². The first-order chi connectivity index (χ1) is 19.6. The van der Waals surface area contributed by atoms with Gasteiger partial charge in [0.2, 0.25) is 11.6 Å². The maximum absolute atomic E-state index is 14.2. The van der Waals surface area contributed by atoms with Gasteiger partial charge in [-0.2, -0.15) is 8.78 Å². The number of para-hydroxylation sites is 1. The summed E-state index contributed by atoms with van der Waals surface area (Å²) in [6.45, 7) is 0.706. The molecule has 9 nitrogen and oxygen atoms in total. The maximum Gasteiger partial charge on any atom is 0.295 e. The Labute approximate surface area is 229 Å². The summed E-state index contributed by atoms with van der Waals surface area (Å²) in [6, 6.07) is 12.8. The number of rotatable bonds is 5. The van der Waals surface area contributed by atoms with Gasteiger partial charge in [-0.05, 0) is 18.2 Å². The minimum Gasteiger partial charge on any atom is -0.503 e. The van der Waals surface area contributed by atoms with E-state index in [1.807, 2.05) is 0 Å². The number of benzene rings is 3. The fourth-order valence-electron chi connectivity index (χ4n) is 4.59. The van der Waals surface area contributed by atoms with E-state index in [4.69, 9.17) is 5.11 Å². The molecule has 1 aliphatic heterocycles. The zero-order valence-corrected chi connectivity index (χ0v) is 21.0. The molecule has 13 heteroatoms. The second-order valence-corrected chi connectivity index (χ2v) is 9.14. The summed E-state index contributed by atoms with van der Waals surface area (Å²) in [7, 11) is 0. The van der Waals surface area contributed by atoms with Gasteiger partial charge in [0.25, 0.3) is 23.5 Å². The SMILES string of the molecule is O=C(Nc1cccc2c(C(=O)C(=O)N3CCN(C(=O)c4ccccc4)CC3)c[nH]c12)c1c(F)c(F)c(O)c(F)c1F. The largest absolute Gasteiger partial charge is 0.503 e. The molecule has 1 fully saturated rings. The fraction of sp³-hybridized carbons (Fsp3) is 0.143. The van der Waals surface area contributed by atoms with Crippen molar-refractivity contribution in [2.45, 2.75) is 0 Å². The second kappa shape index (κ2) is 10.8. The van der Waals surface area contributed by atoms with Gasteiger partial charge in [0.1, 0.15) is 5.56 Å². The number of aromatic nitrogens is 1. The molecule has 1 aromatic heterocycles. The topological polar surface area (TPSA) is 123 Å². The summed E-state index contributed by atoms with van der Waals surface area (Å²) in [5, 5.41) is 11.4. The standard InChI is InChI=1S/C28H20F4N4O5/c29-19-18(20(30)22(32)25(38)21(19)31)26(39)34-17-8-4-7-15-16(13-33-23(15)17)24(37)28(41)36-11-9-35(10-12-36)27(40)14-5-2-1-3-6-14/h1-8,13,33,38H,9-12H2,(H,34,39). The van der Waals surface area contributed by atoms with Gasteiger partial charge in [-0.25, -0.2) is 8.78 Å². The van der Waals surface area contributed by atoms with Gasteiger partial charge in [-0.1, -0.05) is 30.3 Å². The Balaban J connectivity index is 1.32. The summed E-state index contributed by atoms with van der Waals surface area (Å²) >= 11 is 0. The van der Waals surface area contributed by atoms with Crippen LogP contribution in [0.3, 0.4) is 0 Å². The number of carbonyl (C=O) groups excluding carboxylic acids is 4. The van der Waals surface area contributed by atoms with Gasteiger partial charge in [0.15, 0.2) is 17.4 Å². The number of carbonyl (C=O) groups is 4. The highest BCUT2D eigenvalue weighted by molar-refractivity contribution is 6.45. The Hall–Kier alpha value is -5.20. The number of hydrogen-bond acceptors (Lipinski definition) is 5. The molecule has 3 amide bonds. The Morgan fingerprint density at radius 3 is 2.02 bits per heavy atom. The summed E-state index contributed by atoms with van der Waals surface area (Å²) in [5.74, 6) is -13.8. The number of nitrogens with zero attached hydrogens (tertiary/aromatic N) is 2. The number of anilines is 1. The molecule has 0 unspecified atom stereocenters. The Morgan fingerprint density at radius 1 is 0.780 bits per heavy atom. The smallest absolute Gasteiger partial charge is 0.295 e. The minimum atomic E-state index is -2.14. The molecule has 1 saturated heterocycles. The molecule has 0 bridgehead atoms. The van der Waals surface area contributed by atoms with E-state index in [2.05, 4.69) is 10.3 Å². The quantitative estimate of drug-likeness (QED) is 0.146. The van der Waals surface area contributed by atoms with E-state index < -0.39 is 52.2 Å². The van der Waals surface area contributed by atoms with Gasteiger partial charge in [0, 0.05) is 43.3 Å². The third-order valence-corrected chi connectivity index (χ3v) is 6.74. The number of H-pyrrole nitrogens is 1. The molecule has 0 saturated carbocycles. The number of fused-ring (bicyclic) bond motifs is 1. The molecule has 1 aliphatic rings. The van der Waals surface area contributed by atoms with Crippen LogP contribution in [0, 0.1) is 23.3 Å². The van der Waals surface area contributed by atoms with Gasteiger partial charge >= 0.3 is 0 Å². The maximum atomic E-state index is 14.2. The highest BCUT2D eigenvalue weighted by Crippen LogP contribution is 2.31. The van der Waals surface area contributed by atoms with Crippen molar-refractivity contribution >= 4 is 40.1 Å². The predicted molar refractivity (Wildman–Crippen MR) is 137 cm³/mol. The van der Waals surface area contributed by atoms with Crippen LogP contribution >= 0.6 is 0 Å². The van der Waals surface area contributed by atoms with Crippen LogP contribution in [0.4, 0.5) is 23.2 Å². The number of ketones is 1. The molecular formula is C28H20F4N4O5. The first kappa shape index (κ1) is 27.4. The van der Waals surface area contributed by atoms with Crippen molar-refractivity contribution < 1.29 is 41.8 Å². The molecule has 4 aromatic rings. The van der Waals surface area contributed by atoms with Crippen molar-refractivity contribution in [3.05, 3.63) is 94.7 Å². The average molecular weight is 568 g/mol. The molecule has 2 heterocycles. The number of aromatic hydroxyl groups is 1. The van der Waals surface area contributed by atoms with Crippen molar-refractivity contribution in [2.24, 2.45) is 0 Å². The second-order valence-electron chi connectivity index (χ2n) is 9.14. The lowest BCUT2D eigenvalue weighted by molar-refractivity contribution is -0.127. The number of phenols is 1. The van der Waals surface area contributed by atoms with E-state index in [0.717, 1.165) is 0 Å². The molecule has 5 rings (SSSR count). The number of aromatic amines is 1. The molecule has 0 atom stereocenters. The van der Waals surface area contributed by atoms with Gasteiger partial charge in [-0.3, -0.25) is 19.2 Å². The number of Topliss-reactive ketones (excluding diaryl/α,β-unsaturated/α-hetero) is 1. The third kappa shape index (κ3) is 4.86. The van der Waals surface area contributed by atoms with Crippen molar-refractivity contribution in [2.75, 3.05) is 31.5 Å². The Bertz CT molecular complexity index is 1690. The lowest BCUT2D eigenvalue weighted by Gasteiger charge is -2.34. The summed E-state index contributed by atoms with van der Waals surface area (Å²) in [4.78, 5) is 57.0. The first-order valence-corrected chi connectivity index (χ1v) is 12.2. The van der Waals surface area contributed by atoms with Gasteiger partial charge in [-0.15, -0.1) is 0 Å². The van der Waals surface area contributed by atoms with Crippen molar-refractivity contribution in [1.29, 1.82) is 0 Å². The van der Waals surface area contributed by atoms with Crippen molar-refractivity contribution in [3.8, 4) is 5.75 Å². The van der Waals surface area contributed by atoms with Crippen molar-refractivity contribution in [3.63, 3.8) is 0 Å². The summed E-state index contributed by atoms with van der Waals surface area (Å²) in [6.07, 6.45) is 1.22. The molecule has 0 spiro atoms. The van der Waals surface area contributed by atoms with Crippen LogP contribution in [0.2, 0.25) is 0 Å². The Morgan fingerprint density at radius 2 is 1.39 bits per heavy atom. The van der Waals surface area contributed by atoms with E-state index in [1.54, 1.807) is 35.2 Å². The van der Waals surface area contributed by atoms with Crippen LogP contribution in [0.1, 0.15) is 31.1 Å². The number of halogens is 4. The number of phenolic OH excluding ortho intramolecular Hbond substituents is 1. The molecule has 210 valence electrons. The lowest BCUT2D eigenvalue weighted by Crippen LogP contribution is -2.52. The molecule has 41 heavy (non-hydrogen) atoms. The van der Waals surface area contributed by atoms with E-state index >= 15 is 0 Å². The fourth-order valence-corrected chi connectivity index (χ4v) is 4.59. The van der Waals surface area contributed by atoms with E-state index in [-0.39, 0.29) is 54.2 Å². The number of hydrogen-bond donors (Lipinski definition) is 3. The van der Waals surface area contributed by atoms with Crippen molar-refractivity contribution in [1.82, 2.24) is 14.8 Å². The third-order valence-electron chi connectivity index (χ3n) is 6.74. The average Bonchev–Trinajstić information content (AvgIpc) is 3.44. The van der Waals surface area contributed by atoms with Crippen LogP contribution in [0.25, 0.3) is 10.9 Å². The molecular weight excluding hydrogens is 548 g/mol. The zero-order chi connectivity index (χ0) is 29.4. The predicted octanol–water partition coefficient (Wildman–Crippen LogP) is 3.85. The zero-order valence-electron chi connectivity index (χ0n) is 21.0. The monoisotopic (exact) mass is 568 g/mol. The summed E-state index contributed by atoms with van der Waals surface area (Å²) in [5.41, 5.74) is -1.16.